The van der Waals surface area contributed by atoms with Crippen molar-refractivity contribution < 1.29 is 22.7 Å². The monoisotopic (exact) mass is 803 g/mol. The molecule has 1 spiro atoms. The first kappa shape index (κ1) is 38.2. The van der Waals surface area contributed by atoms with Crippen LogP contribution in [0.15, 0.2) is 95.3 Å². The van der Waals surface area contributed by atoms with Gasteiger partial charge >= 0.3 is 0 Å². The van der Waals surface area contributed by atoms with Crippen molar-refractivity contribution in [1.29, 1.82) is 0 Å². The van der Waals surface area contributed by atoms with Crippen molar-refractivity contribution in [3.8, 4) is 11.5 Å². The van der Waals surface area contributed by atoms with Crippen LogP contribution in [0.2, 0.25) is 0 Å². The first-order valence-corrected chi connectivity index (χ1v) is 21.9. The number of hydrogen-bond acceptors (Lipinski definition) is 11. The molecule has 4 aliphatic rings. The lowest BCUT2D eigenvalue weighted by Gasteiger charge is -2.51. The van der Waals surface area contributed by atoms with Crippen molar-refractivity contribution in [1.82, 2.24) is 19.6 Å². The molecule has 3 aliphatic heterocycles. The normalized spacial score (nSPS) is 18.7. The van der Waals surface area contributed by atoms with E-state index in [2.05, 4.69) is 59.2 Å². The summed E-state index contributed by atoms with van der Waals surface area (Å²) in [6.07, 6.45) is 11.1. The average Bonchev–Trinajstić information content (AvgIpc) is 3.70. The van der Waals surface area contributed by atoms with E-state index in [9.17, 15) is 18.1 Å². The Morgan fingerprint density at radius 3 is 2.60 bits per heavy atom. The molecule has 3 aromatic carbocycles. The molecule has 2 saturated heterocycles. The minimum Gasteiger partial charge on any atom is -0.455 e. The molecule has 0 atom stereocenters. The molecular weight excluding hydrogens is 755 g/mol. The number of nitrogens with one attached hydrogen (secondary N) is 3. The Kier molecular flexibility index (Phi) is 10.6. The lowest BCUT2D eigenvalue weighted by Crippen LogP contribution is -2.51. The summed E-state index contributed by atoms with van der Waals surface area (Å²) in [7, 11) is -4.40. The molecule has 58 heavy (non-hydrogen) atoms. The molecule has 5 aromatic rings. The van der Waals surface area contributed by atoms with Gasteiger partial charge in [-0.25, -0.2) is 18.1 Å². The van der Waals surface area contributed by atoms with Gasteiger partial charge < -0.3 is 24.7 Å². The summed E-state index contributed by atoms with van der Waals surface area (Å²) in [5.41, 5.74) is 5.35. The van der Waals surface area contributed by atoms with Crippen LogP contribution in [0.5, 0.6) is 11.5 Å². The molecule has 14 heteroatoms. The number of pyridine rings is 1. The molecule has 3 fully saturated rings. The van der Waals surface area contributed by atoms with Crippen LogP contribution in [-0.2, 0) is 26.7 Å². The Balaban J connectivity index is 0.903. The van der Waals surface area contributed by atoms with E-state index in [1.165, 1.54) is 43.0 Å². The van der Waals surface area contributed by atoms with Crippen LogP contribution >= 0.6 is 0 Å². The van der Waals surface area contributed by atoms with E-state index in [0.29, 0.717) is 54.1 Å². The number of H-pyrrole nitrogens is 1. The Morgan fingerprint density at radius 2 is 1.81 bits per heavy atom. The fourth-order valence-electron chi connectivity index (χ4n) is 9.31. The van der Waals surface area contributed by atoms with E-state index in [1.54, 1.807) is 30.1 Å². The van der Waals surface area contributed by atoms with E-state index in [0.717, 1.165) is 69.5 Å². The number of hydrogen-bond donors (Lipinski definition) is 3. The predicted octanol–water partition coefficient (Wildman–Crippen LogP) is 7.86. The highest BCUT2D eigenvalue weighted by molar-refractivity contribution is 7.90. The van der Waals surface area contributed by atoms with Gasteiger partial charge in [0.05, 0.1) is 22.3 Å². The zero-order chi connectivity index (χ0) is 39.7. The van der Waals surface area contributed by atoms with Gasteiger partial charge in [-0.2, -0.15) is 0 Å². The number of carbonyl (C=O) groups excluding carboxylic acids is 1. The number of aromatic nitrogens is 2. The topological polar surface area (TPSA) is 158 Å². The van der Waals surface area contributed by atoms with Crippen LogP contribution in [0.4, 0.5) is 17.1 Å². The quantitative estimate of drug-likeness (QED) is 0.106. The van der Waals surface area contributed by atoms with E-state index in [1.807, 2.05) is 18.2 Å². The minimum atomic E-state index is -4.40. The predicted molar refractivity (Wildman–Crippen MR) is 223 cm³/mol. The fourth-order valence-corrected chi connectivity index (χ4v) is 10.3. The van der Waals surface area contributed by atoms with E-state index >= 15 is 0 Å². The molecule has 3 N–H and O–H groups in total. The molecule has 1 saturated carbocycles. The molecule has 9 rings (SSSR count). The third kappa shape index (κ3) is 7.92. The first-order valence-electron chi connectivity index (χ1n) is 20.4. The van der Waals surface area contributed by atoms with Crippen molar-refractivity contribution >= 4 is 44.0 Å². The number of anilines is 2. The number of sulfonamides is 1. The summed E-state index contributed by atoms with van der Waals surface area (Å²) in [5.74, 6) is 0.679. The SMILES string of the molecule is O=Nc1cc(S(=O)(=O)NC(=O)c2ccc(N3CCC(CN4Cc5ccccc5C5(CCC5)C4)CC3)cc2Oc2cnc3[nH]ccc3c2)ccc1NCC1CCOCC1. The second-order valence-corrected chi connectivity index (χ2v) is 18.1. The van der Waals surface area contributed by atoms with Crippen molar-refractivity contribution in [3.63, 3.8) is 0 Å². The lowest BCUT2D eigenvalue weighted by molar-refractivity contribution is 0.0699. The third-order valence-corrected chi connectivity index (χ3v) is 14.0. The highest BCUT2D eigenvalue weighted by Crippen LogP contribution is 2.48. The number of nitrogens with zero attached hydrogens (tertiary/aromatic N) is 4. The van der Waals surface area contributed by atoms with Crippen LogP contribution in [0.3, 0.4) is 0 Å². The molecule has 0 unspecified atom stereocenters. The van der Waals surface area contributed by atoms with Crippen molar-refractivity contribution in [2.24, 2.45) is 17.0 Å². The summed E-state index contributed by atoms with van der Waals surface area (Å²) in [4.78, 5) is 37.9. The van der Waals surface area contributed by atoms with Crippen molar-refractivity contribution in [2.75, 3.05) is 56.2 Å². The molecular formula is C44H49N7O6S. The summed E-state index contributed by atoms with van der Waals surface area (Å²) in [6, 6.07) is 22.0. The van der Waals surface area contributed by atoms with Gasteiger partial charge in [0.15, 0.2) is 0 Å². The number of carbonyl (C=O) groups is 1. The molecule has 0 bridgehead atoms. The molecule has 0 radical (unpaired) electrons. The number of ether oxygens (including phenoxy) is 2. The van der Waals surface area contributed by atoms with E-state index < -0.39 is 15.9 Å². The maximum Gasteiger partial charge on any atom is 0.268 e. The lowest BCUT2D eigenvalue weighted by atomic mass is 9.61. The largest absolute Gasteiger partial charge is 0.455 e. The maximum atomic E-state index is 13.9. The van der Waals surface area contributed by atoms with Gasteiger partial charge in [-0.3, -0.25) is 9.69 Å². The third-order valence-electron chi connectivity index (χ3n) is 12.7. The smallest absolute Gasteiger partial charge is 0.268 e. The number of amides is 1. The zero-order valence-electron chi connectivity index (χ0n) is 32.5. The fraction of sp³-hybridized carbons (Fsp3) is 0.409. The number of fused-ring (bicyclic) bond motifs is 3. The highest BCUT2D eigenvalue weighted by Gasteiger charge is 2.44. The number of rotatable bonds is 12. The summed E-state index contributed by atoms with van der Waals surface area (Å²) < 4.78 is 41.2. The Bertz CT molecular complexity index is 2420. The second-order valence-electron chi connectivity index (χ2n) is 16.4. The van der Waals surface area contributed by atoms with Gasteiger partial charge in [0.25, 0.3) is 15.9 Å². The Hall–Kier alpha value is -5.31. The van der Waals surface area contributed by atoms with Gasteiger partial charge in [-0.1, -0.05) is 30.7 Å². The van der Waals surface area contributed by atoms with Gasteiger partial charge in [0.1, 0.15) is 22.8 Å². The minimum absolute atomic E-state index is 0.0372. The van der Waals surface area contributed by atoms with Gasteiger partial charge in [-0.15, -0.1) is 4.91 Å². The van der Waals surface area contributed by atoms with Gasteiger partial charge in [0.2, 0.25) is 0 Å². The van der Waals surface area contributed by atoms with Crippen LogP contribution in [-0.4, -0.2) is 75.1 Å². The average molecular weight is 804 g/mol. The first-order chi connectivity index (χ1) is 28.2. The van der Waals surface area contributed by atoms with Crippen molar-refractivity contribution in [2.45, 2.75) is 61.8 Å². The van der Waals surface area contributed by atoms with Crippen molar-refractivity contribution in [3.05, 3.63) is 107 Å². The molecule has 302 valence electrons. The summed E-state index contributed by atoms with van der Waals surface area (Å²) in [6.45, 7) is 6.91. The maximum absolute atomic E-state index is 13.9. The van der Waals surface area contributed by atoms with E-state index in [4.69, 9.17) is 9.47 Å². The molecule has 5 heterocycles. The number of aromatic amines is 1. The zero-order valence-corrected chi connectivity index (χ0v) is 33.3. The highest BCUT2D eigenvalue weighted by atomic mass is 32.2. The molecule has 1 aliphatic carbocycles. The standard InChI is InChI=1S/C44H49N7O6S/c52-43(49-58(54,55)36-7-9-39(40(24-36)48-53)46-25-30-13-20-56-21-14-30)37-8-6-34(23-41(37)57-35-22-32-10-17-45-42(32)47-26-35)51-18-11-31(12-19-51)27-50-28-33-4-1-2-5-38(33)44(29-50)15-3-16-44/h1-2,4-10,17,22-24,26,30-31,46H,3,11-16,18-21,25,27-29H2,(H,45,47)(H,49,52). The van der Waals surface area contributed by atoms with Gasteiger partial charge in [-0.05, 0) is 109 Å². The number of nitroso groups, excluding NO2 is 1. The van der Waals surface area contributed by atoms with Crippen LogP contribution in [0, 0.1) is 16.7 Å². The van der Waals surface area contributed by atoms with Crippen LogP contribution < -0.4 is 19.7 Å². The Morgan fingerprint density at radius 1 is 0.983 bits per heavy atom. The second kappa shape index (κ2) is 16.1. The van der Waals surface area contributed by atoms with E-state index in [-0.39, 0.29) is 21.9 Å². The Labute approximate surface area is 338 Å². The molecule has 2 aromatic heterocycles. The summed E-state index contributed by atoms with van der Waals surface area (Å²) in [5, 5.41) is 7.13. The molecule has 13 nitrogen and oxygen atoms in total. The van der Waals surface area contributed by atoms with Crippen LogP contribution in [0.1, 0.15) is 66.4 Å². The molecule has 1 amide bonds. The number of piperidine rings is 1. The summed E-state index contributed by atoms with van der Waals surface area (Å²) >= 11 is 0. The van der Waals surface area contributed by atoms with Gasteiger partial charge in [0, 0.05) is 81.2 Å². The number of benzene rings is 3. The van der Waals surface area contributed by atoms with Crippen LogP contribution in [0.25, 0.3) is 11.0 Å².